The lowest BCUT2D eigenvalue weighted by atomic mass is 10.1. The number of carbonyl (C=O) groups excluding carboxylic acids is 1. The highest BCUT2D eigenvalue weighted by molar-refractivity contribution is 5.77. The van der Waals surface area contributed by atoms with Crippen molar-refractivity contribution in [3.8, 4) is 5.75 Å². The molecule has 5 heteroatoms. The maximum absolute atomic E-state index is 12.6. The summed E-state index contributed by atoms with van der Waals surface area (Å²) in [7, 11) is 1.68. The number of hydrogen-bond acceptors (Lipinski definition) is 4. The fraction of sp³-hybridized carbons (Fsp3) is 0.435. The normalized spacial score (nSPS) is 14.1. The molecular formula is C23H31N3O2. The maximum Gasteiger partial charge on any atom is 0.224 e. The Bertz CT molecular complexity index is 786. The molecule has 5 nitrogen and oxygen atoms in total. The van der Waals surface area contributed by atoms with Crippen LogP contribution in [0, 0.1) is 20.8 Å². The molecule has 1 fully saturated rings. The first-order valence-electron chi connectivity index (χ1n) is 9.96. The van der Waals surface area contributed by atoms with Gasteiger partial charge in [-0.2, -0.15) is 0 Å². The molecule has 3 rings (SSSR count). The molecule has 1 heterocycles. The Hall–Kier alpha value is -2.69. The van der Waals surface area contributed by atoms with Crippen molar-refractivity contribution in [2.75, 3.05) is 50.1 Å². The van der Waals surface area contributed by atoms with Gasteiger partial charge in [0, 0.05) is 50.5 Å². The van der Waals surface area contributed by atoms with Gasteiger partial charge in [-0.3, -0.25) is 4.79 Å². The van der Waals surface area contributed by atoms with Gasteiger partial charge < -0.3 is 19.9 Å². The lowest BCUT2D eigenvalue weighted by Gasteiger charge is -2.36. The maximum atomic E-state index is 12.6. The first-order valence-corrected chi connectivity index (χ1v) is 9.96. The molecule has 1 saturated heterocycles. The Kier molecular flexibility index (Phi) is 6.45. The Morgan fingerprint density at radius 1 is 1.00 bits per heavy atom. The van der Waals surface area contributed by atoms with Gasteiger partial charge in [0.25, 0.3) is 0 Å². The standard InChI is InChI=1S/C23H31N3O2/c1-17-15-18(2)23(19(3)16-17)24-10-9-22(27)26-13-11-25(12-14-26)20-5-7-21(28-4)8-6-20/h5-8,15-16,24H,9-14H2,1-4H3. The monoisotopic (exact) mass is 381 g/mol. The van der Waals surface area contributed by atoms with E-state index in [0.29, 0.717) is 13.0 Å². The van der Waals surface area contributed by atoms with E-state index in [1.807, 2.05) is 17.0 Å². The van der Waals surface area contributed by atoms with Gasteiger partial charge in [-0.1, -0.05) is 17.7 Å². The second kappa shape index (κ2) is 9.00. The second-order valence-corrected chi connectivity index (χ2v) is 7.52. The molecule has 2 aromatic rings. The van der Waals surface area contributed by atoms with Gasteiger partial charge in [0.2, 0.25) is 5.91 Å². The highest BCUT2D eigenvalue weighted by Crippen LogP contribution is 2.22. The van der Waals surface area contributed by atoms with E-state index in [1.165, 1.54) is 22.4 Å². The molecule has 0 aliphatic carbocycles. The summed E-state index contributed by atoms with van der Waals surface area (Å²) in [5, 5.41) is 3.45. The Morgan fingerprint density at radius 3 is 2.18 bits per heavy atom. The van der Waals surface area contributed by atoms with E-state index in [0.717, 1.165) is 37.6 Å². The molecular weight excluding hydrogens is 350 g/mol. The molecule has 150 valence electrons. The molecule has 1 N–H and O–H groups in total. The van der Waals surface area contributed by atoms with Crippen LogP contribution in [0.15, 0.2) is 36.4 Å². The minimum absolute atomic E-state index is 0.226. The van der Waals surface area contributed by atoms with Gasteiger partial charge in [-0.05, 0) is 56.2 Å². The van der Waals surface area contributed by atoms with Gasteiger partial charge in [0.15, 0.2) is 0 Å². The van der Waals surface area contributed by atoms with Crippen molar-refractivity contribution in [2.45, 2.75) is 27.2 Å². The summed E-state index contributed by atoms with van der Waals surface area (Å²) in [5.74, 6) is 1.09. The third-order valence-electron chi connectivity index (χ3n) is 5.39. The zero-order valence-electron chi connectivity index (χ0n) is 17.4. The highest BCUT2D eigenvalue weighted by Gasteiger charge is 2.21. The average Bonchev–Trinajstić information content (AvgIpc) is 2.70. The van der Waals surface area contributed by atoms with Crippen LogP contribution in [0.25, 0.3) is 0 Å². The molecule has 1 amide bonds. The number of piperazine rings is 1. The van der Waals surface area contributed by atoms with Crippen LogP contribution in [0.3, 0.4) is 0 Å². The zero-order chi connectivity index (χ0) is 20.1. The van der Waals surface area contributed by atoms with E-state index < -0.39 is 0 Å². The van der Waals surface area contributed by atoms with Gasteiger partial charge in [-0.15, -0.1) is 0 Å². The molecule has 0 bridgehead atoms. The molecule has 0 unspecified atom stereocenters. The third-order valence-corrected chi connectivity index (χ3v) is 5.39. The molecule has 0 spiro atoms. The SMILES string of the molecule is COc1ccc(N2CCN(C(=O)CCNc3c(C)cc(C)cc3C)CC2)cc1. The Balaban J connectivity index is 1.46. The van der Waals surface area contributed by atoms with Gasteiger partial charge in [-0.25, -0.2) is 0 Å². The third kappa shape index (κ3) is 4.77. The zero-order valence-corrected chi connectivity index (χ0v) is 17.4. The summed E-state index contributed by atoms with van der Waals surface area (Å²) in [6.45, 7) is 10.3. The number of ether oxygens (including phenoxy) is 1. The van der Waals surface area contributed by atoms with Gasteiger partial charge in [0.05, 0.1) is 7.11 Å². The van der Waals surface area contributed by atoms with Crippen molar-refractivity contribution in [3.05, 3.63) is 53.1 Å². The topological polar surface area (TPSA) is 44.8 Å². The fourth-order valence-electron chi connectivity index (χ4n) is 3.92. The van der Waals surface area contributed by atoms with Crippen molar-refractivity contribution in [1.29, 1.82) is 0 Å². The predicted molar refractivity (Wildman–Crippen MR) is 116 cm³/mol. The lowest BCUT2D eigenvalue weighted by Crippen LogP contribution is -2.49. The molecule has 0 radical (unpaired) electrons. The smallest absolute Gasteiger partial charge is 0.224 e. The molecule has 0 atom stereocenters. The number of nitrogens with one attached hydrogen (secondary N) is 1. The summed E-state index contributed by atoms with van der Waals surface area (Å²) < 4.78 is 5.22. The van der Waals surface area contributed by atoms with Crippen LogP contribution in [0.4, 0.5) is 11.4 Å². The first-order chi connectivity index (χ1) is 13.5. The van der Waals surface area contributed by atoms with Crippen molar-refractivity contribution >= 4 is 17.3 Å². The van der Waals surface area contributed by atoms with Crippen LogP contribution in [0.2, 0.25) is 0 Å². The van der Waals surface area contributed by atoms with Crippen molar-refractivity contribution in [3.63, 3.8) is 0 Å². The van der Waals surface area contributed by atoms with Gasteiger partial charge >= 0.3 is 0 Å². The Morgan fingerprint density at radius 2 is 1.61 bits per heavy atom. The van der Waals surface area contributed by atoms with Crippen LogP contribution in [-0.4, -0.2) is 50.6 Å². The van der Waals surface area contributed by atoms with E-state index in [2.05, 4.69) is 55.3 Å². The minimum Gasteiger partial charge on any atom is -0.497 e. The number of benzene rings is 2. The summed E-state index contributed by atoms with van der Waals surface area (Å²) in [6, 6.07) is 12.5. The van der Waals surface area contributed by atoms with E-state index >= 15 is 0 Å². The number of nitrogens with zero attached hydrogens (tertiary/aromatic N) is 2. The number of methoxy groups -OCH3 is 1. The largest absolute Gasteiger partial charge is 0.497 e. The lowest BCUT2D eigenvalue weighted by molar-refractivity contribution is -0.131. The Labute approximate surface area is 168 Å². The van der Waals surface area contributed by atoms with Crippen LogP contribution < -0.4 is 15.0 Å². The fourth-order valence-corrected chi connectivity index (χ4v) is 3.92. The summed E-state index contributed by atoms with van der Waals surface area (Å²) in [6.07, 6.45) is 0.523. The molecule has 1 aliphatic heterocycles. The number of hydrogen-bond donors (Lipinski definition) is 1. The number of rotatable bonds is 6. The molecule has 0 aromatic heterocycles. The van der Waals surface area contributed by atoms with E-state index in [1.54, 1.807) is 7.11 Å². The minimum atomic E-state index is 0.226. The van der Waals surface area contributed by atoms with Crippen molar-refractivity contribution in [2.24, 2.45) is 0 Å². The summed E-state index contributed by atoms with van der Waals surface area (Å²) in [5.41, 5.74) is 6.07. The number of carbonyl (C=O) groups is 1. The van der Waals surface area contributed by atoms with Crippen molar-refractivity contribution < 1.29 is 9.53 Å². The molecule has 0 saturated carbocycles. The molecule has 2 aromatic carbocycles. The van der Waals surface area contributed by atoms with Crippen LogP contribution in [-0.2, 0) is 4.79 Å². The predicted octanol–water partition coefficient (Wildman–Crippen LogP) is 3.77. The molecule has 1 aliphatic rings. The number of amides is 1. The van der Waals surface area contributed by atoms with Crippen LogP contribution in [0.5, 0.6) is 5.75 Å². The molecule has 28 heavy (non-hydrogen) atoms. The van der Waals surface area contributed by atoms with Crippen LogP contribution >= 0.6 is 0 Å². The highest BCUT2D eigenvalue weighted by atomic mass is 16.5. The average molecular weight is 382 g/mol. The quantitative estimate of drug-likeness (QED) is 0.827. The number of anilines is 2. The van der Waals surface area contributed by atoms with Crippen molar-refractivity contribution in [1.82, 2.24) is 4.90 Å². The van der Waals surface area contributed by atoms with E-state index in [-0.39, 0.29) is 5.91 Å². The first kappa shape index (κ1) is 20.1. The summed E-state index contributed by atoms with van der Waals surface area (Å²) in [4.78, 5) is 16.9. The van der Waals surface area contributed by atoms with E-state index in [4.69, 9.17) is 4.74 Å². The second-order valence-electron chi connectivity index (χ2n) is 7.52. The van der Waals surface area contributed by atoms with Crippen LogP contribution in [0.1, 0.15) is 23.1 Å². The summed E-state index contributed by atoms with van der Waals surface area (Å²) >= 11 is 0. The van der Waals surface area contributed by atoms with E-state index in [9.17, 15) is 4.79 Å². The van der Waals surface area contributed by atoms with Gasteiger partial charge in [0.1, 0.15) is 5.75 Å². The number of aryl methyl sites for hydroxylation is 3.